The fourth-order valence-electron chi connectivity index (χ4n) is 2.22. The van der Waals surface area contributed by atoms with Crippen LogP contribution in [0.1, 0.15) is 12.5 Å². The number of hydrogen-bond donors (Lipinski definition) is 2. The van der Waals surface area contributed by atoms with E-state index in [0.717, 1.165) is 41.9 Å². The third-order valence-electron chi connectivity index (χ3n) is 3.60. The van der Waals surface area contributed by atoms with Crippen LogP contribution in [-0.2, 0) is 4.79 Å². The Morgan fingerprint density at radius 2 is 2.11 bits per heavy atom. The molecule has 5 heteroatoms. The van der Waals surface area contributed by atoms with Crippen molar-refractivity contribution in [1.82, 2.24) is 10.2 Å². The third-order valence-corrected chi connectivity index (χ3v) is 4.46. The highest BCUT2D eigenvalue weighted by Crippen LogP contribution is 2.23. The number of hydrogen-bond acceptors (Lipinski definition) is 3. The first-order chi connectivity index (χ1) is 9.09. The van der Waals surface area contributed by atoms with Crippen LogP contribution in [-0.4, -0.2) is 43.0 Å². The lowest BCUT2D eigenvalue weighted by molar-refractivity contribution is -0.120. The molecular weight excluding hydrogens is 306 g/mol. The first-order valence-corrected chi connectivity index (χ1v) is 7.39. The van der Waals surface area contributed by atoms with Crippen molar-refractivity contribution in [3.05, 3.63) is 28.2 Å². The monoisotopic (exact) mass is 325 g/mol. The molecule has 2 N–H and O–H groups in total. The van der Waals surface area contributed by atoms with E-state index in [4.69, 9.17) is 0 Å². The van der Waals surface area contributed by atoms with Gasteiger partial charge in [-0.2, -0.15) is 0 Å². The predicted molar refractivity (Wildman–Crippen MR) is 81.4 cm³/mol. The second-order valence-electron chi connectivity index (χ2n) is 4.86. The molecule has 0 bridgehead atoms. The van der Waals surface area contributed by atoms with Crippen LogP contribution in [0, 0.1) is 6.92 Å². The summed E-state index contributed by atoms with van der Waals surface area (Å²) >= 11 is 3.48. The zero-order valence-corrected chi connectivity index (χ0v) is 13.0. The van der Waals surface area contributed by atoms with E-state index in [0.29, 0.717) is 0 Å². The van der Waals surface area contributed by atoms with Gasteiger partial charge in [0.05, 0.1) is 6.04 Å². The van der Waals surface area contributed by atoms with Gasteiger partial charge in [-0.1, -0.05) is 22.0 Å². The van der Waals surface area contributed by atoms with Crippen molar-refractivity contribution in [2.75, 3.05) is 31.5 Å². The summed E-state index contributed by atoms with van der Waals surface area (Å²) in [6.07, 6.45) is 0. The third kappa shape index (κ3) is 3.55. The molecule has 0 aliphatic carbocycles. The molecular formula is C14H20BrN3O. The number of carbonyl (C=O) groups is 1. The Labute approximate surface area is 122 Å². The molecule has 0 radical (unpaired) electrons. The van der Waals surface area contributed by atoms with E-state index in [-0.39, 0.29) is 11.9 Å². The van der Waals surface area contributed by atoms with Crippen LogP contribution in [0.2, 0.25) is 0 Å². The first-order valence-electron chi connectivity index (χ1n) is 6.60. The number of nitrogens with zero attached hydrogens (tertiary/aromatic N) is 1. The zero-order chi connectivity index (χ0) is 13.8. The van der Waals surface area contributed by atoms with Crippen molar-refractivity contribution in [3.8, 4) is 0 Å². The van der Waals surface area contributed by atoms with Crippen LogP contribution in [0.15, 0.2) is 22.7 Å². The number of piperazine rings is 1. The molecule has 104 valence electrons. The minimum absolute atomic E-state index is 0.0584. The maximum Gasteiger partial charge on any atom is 0.241 e. The van der Waals surface area contributed by atoms with Crippen molar-refractivity contribution in [2.45, 2.75) is 19.9 Å². The van der Waals surface area contributed by atoms with Gasteiger partial charge in [0.25, 0.3) is 0 Å². The van der Waals surface area contributed by atoms with Gasteiger partial charge in [0.2, 0.25) is 5.91 Å². The highest BCUT2D eigenvalue weighted by atomic mass is 79.9. The lowest BCUT2D eigenvalue weighted by Crippen LogP contribution is -2.51. The molecule has 0 saturated carbocycles. The van der Waals surface area contributed by atoms with Gasteiger partial charge in [-0.3, -0.25) is 9.69 Å². The summed E-state index contributed by atoms with van der Waals surface area (Å²) in [5.41, 5.74) is 1.93. The van der Waals surface area contributed by atoms with Gasteiger partial charge in [0, 0.05) is 36.3 Å². The van der Waals surface area contributed by atoms with E-state index in [1.165, 1.54) is 0 Å². The molecule has 4 nitrogen and oxygen atoms in total. The normalized spacial score (nSPS) is 18.1. The molecule has 1 saturated heterocycles. The molecule has 0 spiro atoms. The largest absolute Gasteiger partial charge is 0.324 e. The SMILES string of the molecule is Cc1c(Br)cccc1NC(=O)C(C)N1CCNCC1. The van der Waals surface area contributed by atoms with Crippen LogP contribution in [0.5, 0.6) is 0 Å². The summed E-state index contributed by atoms with van der Waals surface area (Å²) in [6.45, 7) is 7.71. The summed E-state index contributed by atoms with van der Waals surface area (Å²) in [4.78, 5) is 14.5. The molecule has 1 unspecified atom stereocenters. The Morgan fingerprint density at radius 3 is 2.79 bits per heavy atom. The highest BCUT2D eigenvalue weighted by molar-refractivity contribution is 9.10. The molecule has 19 heavy (non-hydrogen) atoms. The molecule has 1 aromatic rings. The number of nitrogens with one attached hydrogen (secondary N) is 2. The molecule has 1 atom stereocenters. The molecule has 1 fully saturated rings. The van der Waals surface area contributed by atoms with E-state index in [2.05, 4.69) is 31.5 Å². The Kier molecular flexibility index (Phi) is 4.96. The van der Waals surface area contributed by atoms with Gasteiger partial charge in [-0.15, -0.1) is 0 Å². The average molecular weight is 326 g/mol. The van der Waals surface area contributed by atoms with Crippen molar-refractivity contribution in [1.29, 1.82) is 0 Å². The molecule has 1 aliphatic heterocycles. The molecule has 0 aromatic heterocycles. The first kappa shape index (κ1) is 14.5. The van der Waals surface area contributed by atoms with Crippen molar-refractivity contribution in [2.24, 2.45) is 0 Å². The lowest BCUT2D eigenvalue weighted by Gasteiger charge is -2.32. The van der Waals surface area contributed by atoms with Gasteiger partial charge in [-0.05, 0) is 31.5 Å². The zero-order valence-electron chi connectivity index (χ0n) is 11.4. The maximum atomic E-state index is 12.3. The highest BCUT2D eigenvalue weighted by Gasteiger charge is 2.23. The number of halogens is 1. The van der Waals surface area contributed by atoms with Gasteiger partial charge < -0.3 is 10.6 Å². The second-order valence-corrected chi connectivity index (χ2v) is 5.72. The van der Waals surface area contributed by atoms with E-state index < -0.39 is 0 Å². The topological polar surface area (TPSA) is 44.4 Å². The lowest BCUT2D eigenvalue weighted by atomic mass is 10.1. The minimum atomic E-state index is -0.0968. The number of anilines is 1. The fourth-order valence-corrected chi connectivity index (χ4v) is 2.58. The molecule has 1 aromatic carbocycles. The van der Waals surface area contributed by atoms with Crippen LogP contribution in [0.3, 0.4) is 0 Å². The van der Waals surface area contributed by atoms with Gasteiger partial charge in [0.1, 0.15) is 0 Å². The minimum Gasteiger partial charge on any atom is -0.324 e. The predicted octanol–water partition coefficient (Wildman–Crippen LogP) is 1.99. The number of rotatable bonds is 3. The summed E-state index contributed by atoms with van der Waals surface area (Å²) in [7, 11) is 0. The van der Waals surface area contributed by atoms with Crippen molar-refractivity contribution >= 4 is 27.5 Å². The summed E-state index contributed by atoms with van der Waals surface area (Å²) in [5, 5.41) is 6.31. The van der Waals surface area contributed by atoms with Gasteiger partial charge in [0.15, 0.2) is 0 Å². The standard InChI is InChI=1S/C14H20BrN3O/c1-10-12(15)4-3-5-13(10)17-14(19)11(2)18-8-6-16-7-9-18/h3-5,11,16H,6-9H2,1-2H3,(H,17,19). The Hall–Kier alpha value is -0.910. The van der Waals surface area contributed by atoms with Gasteiger partial charge in [-0.25, -0.2) is 0 Å². The quantitative estimate of drug-likeness (QED) is 0.893. The smallest absolute Gasteiger partial charge is 0.241 e. The number of benzene rings is 1. The fraction of sp³-hybridized carbons (Fsp3) is 0.500. The van der Waals surface area contributed by atoms with E-state index in [1.54, 1.807) is 0 Å². The van der Waals surface area contributed by atoms with E-state index >= 15 is 0 Å². The van der Waals surface area contributed by atoms with Crippen LogP contribution in [0.4, 0.5) is 5.69 Å². The molecule has 2 rings (SSSR count). The summed E-state index contributed by atoms with van der Waals surface area (Å²) in [5.74, 6) is 0.0584. The molecule has 1 amide bonds. The van der Waals surface area contributed by atoms with Crippen molar-refractivity contribution in [3.63, 3.8) is 0 Å². The Morgan fingerprint density at radius 1 is 1.42 bits per heavy atom. The van der Waals surface area contributed by atoms with Crippen LogP contribution >= 0.6 is 15.9 Å². The molecule has 1 heterocycles. The summed E-state index contributed by atoms with van der Waals surface area (Å²) in [6, 6.07) is 5.75. The van der Waals surface area contributed by atoms with E-state index in [9.17, 15) is 4.79 Å². The summed E-state index contributed by atoms with van der Waals surface area (Å²) < 4.78 is 1.01. The second kappa shape index (κ2) is 6.50. The van der Waals surface area contributed by atoms with E-state index in [1.807, 2.05) is 32.0 Å². The van der Waals surface area contributed by atoms with Gasteiger partial charge >= 0.3 is 0 Å². The number of amides is 1. The number of carbonyl (C=O) groups excluding carboxylic acids is 1. The average Bonchev–Trinajstić information content (AvgIpc) is 2.44. The Bertz CT molecular complexity index is 458. The van der Waals surface area contributed by atoms with Crippen molar-refractivity contribution < 1.29 is 4.79 Å². The van der Waals surface area contributed by atoms with Crippen LogP contribution in [0.25, 0.3) is 0 Å². The van der Waals surface area contributed by atoms with Crippen LogP contribution < -0.4 is 10.6 Å². The maximum absolute atomic E-state index is 12.3. The Balaban J connectivity index is 2.01. The molecule has 1 aliphatic rings.